The zero-order valence-electron chi connectivity index (χ0n) is 22.0. The molecule has 0 bridgehead atoms. The lowest BCUT2D eigenvalue weighted by Gasteiger charge is -2.25. The van der Waals surface area contributed by atoms with Gasteiger partial charge in [-0.1, -0.05) is 60.7 Å². The third-order valence-electron chi connectivity index (χ3n) is 7.35. The van der Waals surface area contributed by atoms with Crippen LogP contribution in [0.2, 0.25) is 0 Å². The summed E-state index contributed by atoms with van der Waals surface area (Å²) in [5.41, 5.74) is 6.95. The molecule has 0 N–H and O–H groups in total. The number of methoxy groups -OCH3 is 2. The van der Waals surface area contributed by atoms with Gasteiger partial charge in [-0.15, -0.1) is 0 Å². The van der Waals surface area contributed by atoms with Gasteiger partial charge in [0.15, 0.2) is 0 Å². The van der Waals surface area contributed by atoms with Gasteiger partial charge in [-0.3, -0.25) is 5.01 Å². The predicted octanol–water partition coefficient (Wildman–Crippen LogP) is 7.85. The Morgan fingerprint density at radius 2 is 1.47 bits per heavy atom. The van der Waals surface area contributed by atoms with E-state index in [1.165, 1.54) is 27.4 Å². The molecule has 1 atom stereocenters. The van der Waals surface area contributed by atoms with Crippen LogP contribution in [-0.2, 0) is 6.54 Å². The molecule has 190 valence electrons. The minimum Gasteiger partial charge on any atom is -0.497 e. The van der Waals surface area contributed by atoms with Crippen LogP contribution in [0.25, 0.3) is 27.9 Å². The Balaban J connectivity index is 1.46. The number of aryl methyl sites for hydroxylation is 1. The minimum atomic E-state index is 0.0744. The van der Waals surface area contributed by atoms with Gasteiger partial charge in [-0.05, 0) is 60.5 Å². The number of para-hydroxylation sites is 2. The first kappa shape index (κ1) is 23.9. The lowest BCUT2D eigenvalue weighted by atomic mass is 10.0. The number of anilines is 1. The number of nitrogens with zero attached hydrogens (tertiary/aromatic N) is 3. The number of ether oxygens (including phenoxy) is 2. The molecule has 5 aromatic rings. The van der Waals surface area contributed by atoms with Crippen molar-refractivity contribution in [2.24, 2.45) is 5.10 Å². The Bertz CT molecular complexity index is 1650. The summed E-state index contributed by atoms with van der Waals surface area (Å²) in [6.45, 7) is 3.09. The molecular formula is C33H31N3O2. The maximum Gasteiger partial charge on any atom is 0.118 e. The van der Waals surface area contributed by atoms with E-state index in [0.717, 1.165) is 41.4 Å². The van der Waals surface area contributed by atoms with E-state index in [0.29, 0.717) is 0 Å². The first-order chi connectivity index (χ1) is 18.7. The molecule has 4 aromatic carbocycles. The highest BCUT2D eigenvalue weighted by atomic mass is 16.5. The first-order valence-electron chi connectivity index (χ1n) is 13.0. The van der Waals surface area contributed by atoms with Gasteiger partial charge in [-0.25, -0.2) is 0 Å². The fourth-order valence-electron chi connectivity index (χ4n) is 5.45. The standard InChI is InChI=1S/C33H31N3O2/c1-4-35-30-10-6-5-8-28(30)29-9-7-11-31(33(29)35)36-32(24-15-20-27(38-3)21-16-24)22-25(34-36)17-12-23-13-18-26(37-2)19-14-23/h5-21,32H,4,22H2,1-3H3. The van der Waals surface area contributed by atoms with Crippen molar-refractivity contribution in [3.63, 3.8) is 0 Å². The smallest absolute Gasteiger partial charge is 0.118 e. The van der Waals surface area contributed by atoms with E-state index in [4.69, 9.17) is 14.6 Å². The second-order valence-electron chi connectivity index (χ2n) is 9.47. The molecule has 5 nitrogen and oxygen atoms in total. The number of allylic oxidation sites excluding steroid dienone is 1. The molecule has 1 aliphatic rings. The topological polar surface area (TPSA) is 39.0 Å². The summed E-state index contributed by atoms with van der Waals surface area (Å²) < 4.78 is 13.1. The molecule has 0 radical (unpaired) electrons. The normalized spacial score (nSPS) is 15.5. The maximum absolute atomic E-state index is 5.42. The molecule has 0 amide bonds. The molecule has 1 unspecified atom stereocenters. The number of hydrogen-bond donors (Lipinski definition) is 0. The van der Waals surface area contributed by atoms with Crippen molar-refractivity contribution in [2.75, 3.05) is 19.2 Å². The molecule has 1 aliphatic heterocycles. The summed E-state index contributed by atoms with van der Waals surface area (Å²) in [6, 6.07) is 31.7. The predicted molar refractivity (Wildman–Crippen MR) is 157 cm³/mol. The van der Waals surface area contributed by atoms with Crippen molar-refractivity contribution in [3.8, 4) is 11.5 Å². The SMILES string of the molecule is CCn1c2ccccc2c2cccc(N3N=C(C=Cc4ccc(OC)cc4)CC3c3ccc(OC)cc3)c21. The Kier molecular flexibility index (Phi) is 6.34. The molecule has 2 heterocycles. The van der Waals surface area contributed by atoms with Gasteiger partial charge < -0.3 is 14.0 Å². The number of rotatable bonds is 7. The van der Waals surface area contributed by atoms with Crippen LogP contribution >= 0.6 is 0 Å². The lowest BCUT2D eigenvalue weighted by molar-refractivity contribution is 0.414. The summed E-state index contributed by atoms with van der Waals surface area (Å²) in [4.78, 5) is 0. The van der Waals surface area contributed by atoms with Crippen LogP contribution < -0.4 is 14.5 Å². The third-order valence-corrected chi connectivity index (χ3v) is 7.35. The Morgan fingerprint density at radius 3 is 2.18 bits per heavy atom. The zero-order chi connectivity index (χ0) is 26.1. The number of benzene rings is 4. The van der Waals surface area contributed by atoms with Gasteiger partial charge in [0.05, 0.1) is 37.2 Å². The van der Waals surface area contributed by atoms with E-state index in [9.17, 15) is 0 Å². The zero-order valence-corrected chi connectivity index (χ0v) is 22.0. The molecule has 0 spiro atoms. The summed E-state index contributed by atoms with van der Waals surface area (Å²) in [5.74, 6) is 1.71. The molecule has 0 aliphatic carbocycles. The molecule has 0 saturated carbocycles. The number of hydrazone groups is 1. The van der Waals surface area contributed by atoms with E-state index in [2.05, 4.69) is 95.4 Å². The average Bonchev–Trinajstić information content (AvgIpc) is 3.55. The van der Waals surface area contributed by atoms with Crippen LogP contribution in [0.3, 0.4) is 0 Å². The van der Waals surface area contributed by atoms with E-state index < -0.39 is 0 Å². The molecule has 5 heteroatoms. The summed E-state index contributed by atoms with van der Waals surface area (Å²) >= 11 is 0. The van der Waals surface area contributed by atoms with Gasteiger partial charge in [0.25, 0.3) is 0 Å². The number of aromatic nitrogens is 1. The van der Waals surface area contributed by atoms with Crippen LogP contribution in [0.15, 0.2) is 102 Å². The van der Waals surface area contributed by atoms with Gasteiger partial charge in [0, 0.05) is 29.3 Å². The van der Waals surface area contributed by atoms with Crippen molar-refractivity contribution in [2.45, 2.75) is 25.9 Å². The van der Waals surface area contributed by atoms with E-state index in [-0.39, 0.29) is 6.04 Å². The van der Waals surface area contributed by atoms with Gasteiger partial charge >= 0.3 is 0 Å². The number of hydrogen-bond acceptors (Lipinski definition) is 4. The third kappa shape index (κ3) is 4.20. The Labute approximate surface area is 223 Å². The van der Waals surface area contributed by atoms with Crippen molar-refractivity contribution in [1.82, 2.24) is 4.57 Å². The fourth-order valence-corrected chi connectivity index (χ4v) is 5.45. The highest BCUT2D eigenvalue weighted by molar-refractivity contribution is 6.12. The van der Waals surface area contributed by atoms with Crippen molar-refractivity contribution in [3.05, 3.63) is 108 Å². The molecule has 0 saturated heterocycles. The van der Waals surface area contributed by atoms with Gasteiger partial charge in [0.2, 0.25) is 0 Å². The van der Waals surface area contributed by atoms with Crippen LogP contribution in [0.1, 0.15) is 30.5 Å². The average molecular weight is 502 g/mol. The molecular weight excluding hydrogens is 470 g/mol. The monoisotopic (exact) mass is 501 g/mol. The molecule has 6 rings (SSSR count). The Hall–Kier alpha value is -4.51. The lowest BCUT2D eigenvalue weighted by Crippen LogP contribution is -2.19. The van der Waals surface area contributed by atoms with E-state index >= 15 is 0 Å². The van der Waals surface area contributed by atoms with Gasteiger partial charge in [0.1, 0.15) is 11.5 Å². The summed E-state index contributed by atoms with van der Waals surface area (Å²) in [6.07, 6.45) is 5.06. The highest BCUT2D eigenvalue weighted by Crippen LogP contribution is 2.42. The molecule has 1 aromatic heterocycles. The summed E-state index contributed by atoms with van der Waals surface area (Å²) in [5, 5.41) is 9.94. The summed E-state index contributed by atoms with van der Waals surface area (Å²) in [7, 11) is 3.39. The quantitative estimate of drug-likeness (QED) is 0.228. The van der Waals surface area contributed by atoms with Crippen LogP contribution in [0, 0.1) is 0 Å². The second kappa shape index (κ2) is 10.1. The van der Waals surface area contributed by atoms with Crippen LogP contribution in [-0.4, -0.2) is 24.5 Å². The van der Waals surface area contributed by atoms with E-state index in [1.807, 2.05) is 24.3 Å². The van der Waals surface area contributed by atoms with Crippen molar-refractivity contribution < 1.29 is 9.47 Å². The maximum atomic E-state index is 5.42. The highest BCUT2D eigenvalue weighted by Gasteiger charge is 2.30. The molecule has 38 heavy (non-hydrogen) atoms. The first-order valence-corrected chi connectivity index (χ1v) is 13.0. The Morgan fingerprint density at radius 1 is 0.789 bits per heavy atom. The second-order valence-corrected chi connectivity index (χ2v) is 9.47. The fraction of sp³-hybridized carbons (Fsp3) is 0.182. The van der Waals surface area contributed by atoms with Crippen LogP contribution in [0.4, 0.5) is 5.69 Å². The molecule has 0 fully saturated rings. The van der Waals surface area contributed by atoms with Crippen molar-refractivity contribution >= 4 is 39.3 Å². The number of fused-ring (bicyclic) bond motifs is 3. The van der Waals surface area contributed by atoms with Crippen molar-refractivity contribution in [1.29, 1.82) is 0 Å². The van der Waals surface area contributed by atoms with Crippen LogP contribution in [0.5, 0.6) is 11.5 Å². The largest absolute Gasteiger partial charge is 0.497 e. The van der Waals surface area contributed by atoms with Gasteiger partial charge in [-0.2, -0.15) is 5.10 Å². The minimum absolute atomic E-state index is 0.0744. The van der Waals surface area contributed by atoms with E-state index in [1.54, 1.807) is 14.2 Å².